The number of methoxy groups -OCH3 is 2. The number of benzene rings is 2. The van der Waals surface area contributed by atoms with Crippen LogP contribution in [-0.2, 0) is 23.9 Å². The highest BCUT2D eigenvalue weighted by Crippen LogP contribution is 2.31. The van der Waals surface area contributed by atoms with Crippen molar-refractivity contribution in [2.24, 2.45) is 14.1 Å². The van der Waals surface area contributed by atoms with Crippen molar-refractivity contribution in [3.8, 4) is 34.0 Å². The van der Waals surface area contributed by atoms with Gasteiger partial charge in [-0.1, -0.05) is 11.8 Å². The zero-order chi connectivity index (χ0) is 31.8. The van der Waals surface area contributed by atoms with Crippen LogP contribution in [0.5, 0.6) is 11.5 Å². The molecule has 16 heteroatoms. The Bertz CT molecular complexity index is 2130. The normalized spacial score (nSPS) is 11.5. The fourth-order valence-corrected chi connectivity index (χ4v) is 5.21. The molecule has 0 unspecified atom stereocenters. The maximum atomic E-state index is 13.9. The van der Waals surface area contributed by atoms with E-state index in [0.29, 0.717) is 38.7 Å². The fraction of sp³-hybridized carbons (Fsp3) is 0.214. The van der Waals surface area contributed by atoms with E-state index in [1.807, 2.05) is 13.3 Å². The number of hydrogen-bond acceptors (Lipinski definition) is 11. The third kappa shape index (κ3) is 5.90. The van der Waals surface area contributed by atoms with Crippen LogP contribution < -0.4 is 9.47 Å². The van der Waals surface area contributed by atoms with Crippen molar-refractivity contribution < 1.29 is 26.7 Å². The van der Waals surface area contributed by atoms with Crippen LogP contribution in [0.2, 0.25) is 0 Å². The number of ether oxygens (including phenoxy) is 2. The first-order chi connectivity index (χ1) is 20.9. The van der Waals surface area contributed by atoms with Crippen LogP contribution in [0.3, 0.4) is 0 Å². The van der Waals surface area contributed by atoms with Gasteiger partial charge in [-0.15, -0.1) is 0 Å². The molecule has 4 aromatic heterocycles. The fourth-order valence-electron chi connectivity index (χ4n) is 4.38. The third-order valence-electron chi connectivity index (χ3n) is 6.48. The average Bonchev–Trinajstić information content (AvgIpc) is 3.52. The molecule has 6 rings (SSSR count). The van der Waals surface area contributed by atoms with Gasteiger partial charge in [-0.05, 0) is 42.7 Å². The molecule has 0 atom stereocenters. The molecule has 0 N–H and O–H groups in total. The van der Waals surface area contributed by atoms with E-state index in [9.17, 15) is 17.2 Å². The molecular formula is C28H26F2N8O4S2. The van der Waals surface area contributed by atoms with Crippen LogP contribution >= 0.6 is 11.8 Å². The SMILES string of the molecule is COc1ccc(-c2nn(C)c3nc(S(C)(=O)=O)ncc23)cc1F.COc1ccc(-c2nn(C)c3nc(SC)ncc23)cc1F. The zero-order valence-electron chi connectivity index (χ0n) is 24.4. The lowest BCUT2D eigenvalue weighted by Crippen LogP contribution is -2.04. The van der Waals surface area contributed by atoms with Crippen LogP contribution in [0.4, 0.5) is 8.78 Å². The largest absolute Gasteiger partial charge is 0.494 e. The number of fused-ring (bicyclic) bond motifs is 2. The van der Waals surface area contributed by atoms with Crippen molar-refractivity contribution in [1.82, 2.24) is 39.5 Å². The Morgan fingerprint density at radius 3 is 1.68 bits per heavy atom. The van der Waals surface area contributed by atoms with Gasteiger partial charge in [0.05, 0.1) is 25.0 Å². The van der Waals surface area contributed by atoms with Gasteiger partial charge in [0.1, 0.15) is 11.4 Å². The van der Waals surface area contributed by atoms with Crippen LogP contribution in [0.25, 0.3) is 44.6 Å². The molecule has 0 aliphatic heterocycles. The maximum Gasteiger partial charge on any atom is 0.248 e. The van der Waals surface area contributed by atoms with Crippen molar-refractivity contribution in [3.63, 3.8) is 0 Å². The van der Waals surface area contributed by atoms with Crippen LogP contribution in [0.1, 0.15) is 0 Å². The number of nitrogens with zero attached hydrogens (tertiary/aromatic N) is 8. The van der Waals surface area contributed by atoms with Gasteiger partial charge in [0, 0.05) is 43.9 Å². The molecule has 0 saturated heterocycles. The summed E-state index contributed by atoms with van der Waals surface area (Å²) in [6, 6.07) is 9.22. The third-order valence-corrected chi connectivity index (χ3v) is 7.90. The minimum Gasteiger partial charge on any atom is -0.494 e. The number of rotatable bonds is 6. The van der Waals surface area contributed by atoms with Crippen molar-refractivity contribution in [2.75, 3.05) is 26.7 Å². The predicted octanol–water partition coefficient (Wildman–Crippen LogP) is 4.48. The molecule has 0 aliphatic carbocycles. The number of sulfone groups is 1. The van der Waals surface area contributed by atoms with Crippen molar-refractivity contribution in [2.45, 2.75) is 10.3 Å². The molecule has 0 amide bonds. The molecule has 228 valence electrons. The Morgan fingerprint density at radius 1 is 0.773 bits per heavy atom. The first kappa shape index (κ1) is 30.7. The van der Waals surface area contributed by atoms with Gasteiger partial charge in [0.2, 0.25) is 15.0 Å². The zero-order valence-corrected chi connectivity index (χ0v) is 26.0. The molecule has 2 aromatic carbocycles. The first-order valence-corrected chi connectivity index (χ1v) is 15.9. The Balaban J connectivity index is 0.000000175. The van der Waals surface area contributed by atoms with Crippen molar-refractivity contribution >= 4 is 43.7 Å². The number of aromatic nitrogens is 8. The molecule has 0 spiro atoms. The molecule has 0 aliphatic rings. The van der Waals surface area contributed by atoms with E-state index in [2.05, 4.69) is 30.1 Å². The standard InChI is InChI=1S/C14H13FN4O3S.C14H13FN4OS/c1-19-13-9(7-16-14(17-13)23(3,20)21)12(18-19)8-4-5-11(22-2)10(15)6-8;1-19-13-9(7-16-14(17-13)21-3)12(18-19)8-4-5-11(20-2)10(15)6-8/h4-7H,1-3H3;4-7H,1-3H3. The lowest BCUT2D eigenvalue weighted by atomic mass is 10.1. The Kier molecular flexibility index (Phi) is 8.47. The molecule has 0 bridgehead atoms. The second kappa shape index (κ2) is 12.1. The highest BCUT2D eigenvalue weighted by Gasteiger charge is 2.19. The lowest BCUT2D eigenvalue weighted by molar-refractivity contribution is 0.386. The summed E-state index contributed by atoms with van der Waals surface area (Å²) in [6.07, 6.45) is 6.05. The summed E-state index contributed by atoms with van der Waals surface area (Å²) >= 11 is 1.46. The van der Waals surface area contributed by atoms with Gasteiger partial charge in [-0.3, -0.25) is 0 Å². The lowest BCUT2D eigenvalue weighted by Gasteiger charge is -2.03. The molecule has 0 radical (unpaired) electrons. The minimum absolute atomic E-state index is 0.129. The van der Waals surface area contributed by atoms with Crippen LogP contribution in [-0.4, -0.2) is 74.6 Å². The molecular weight excluding hydrogens is 614 g/mol. The van der Waals surface area contributed by atoms with E-state index >= 15 is 0 Å². The molecule has 12 nitrogen and oxygen atoms in total. The molecule has 0 fully saturated rings. The summed E-state index contributed by atoms with van der Waals surface area (Å²) in [5, 5.41) is 10.4. The summed E-state index contributed by atoms with van der Waals surface area (Å²) in [6.45, 7) is 0. The second-order valence-electron chi connectivity index (χ2n) is 9.40. The van der Waals surface area contributed by atoms with Gasteiger partial charge in [0.15, 0.2) is 39.6 Å². The maximum absolute atomic E-state index is 13.9. The Morgan fingerprint density at radius 2 is 1.25 bits per heavy atom. The Hall–Kier alpha value is -4.70. The van der Waals surface area contributed by atoms with E-state index in [-0.39, 0.29) is 16.7 Å². The summed E-state index contributed by atoms with van der Waals surface area (Å²) < 4.78 is 63.8. The predicted molar refractivity (Wildman–Crippen MR) is 161 cm³/mol. The minimum atomic E-state index is -3.52. The number of thioether (sulfide) groups is 1. The summed E-state index contributed by atoms with van der Waals surface area (Å²) in [5.41, 5.74) is 3.38. The van der Waals surface area contributed by atoms with Crippen molar-refractivity contribution in [3.05, 3.63) is 60.4 Å². The Labute approximate surface area is 255 Å². The molecule has 0 saturated carbocycles. The van der Waals surface area contributed by atoms with Crippen LogP contribution in [0.15, 0.2) is 59.1 Å². The van der Waals surface area contributed by atoms with E-state index in [0.717, 1.165) is 17.3 Å². The van der Waals surface area contributed by atoms with E-state index in [1.54, 1.807) is 36.1 Å². The first-order valence-electron chi connectivity index (χ1n) is 12.8. The van der Waals surface area contributed by atoms with E-state index < -0.39 is 21.5 Å². The topological polar surface area (TPSA) is 140 Å². The van der Waals surface area contributed by atoms with Gasteiger partial charge in [-0.2, -0.15) is 15.2 Å². The summed E-state index contributed by atoms with van der Waals surface area (Å²) in [4.78, 5) is 16.6. The van der Waals surface area contributed by atoms with Gasteiger partial charge in [0.25, 0.3) is 0 Å². The number of halogens is 2. The quantitative estimate of drug-likeness (QED) is 0.188. The van der Waals surface area contributed by atoms with E-state index in [4.69, 9.17) is 9.47 Å². The molecule has 4 heterocycles. The highest BCUT2D eigenvalue weighted by molar-refractivity contribution is 7.98. The molecule has 6 aromatic rings. The van der Waals surface area contributed by atoms with Crippen LogP contribution in [0, 0.1) is 11.6 Å². The second-order valence-corrected chi connectivity index (χ2v) is 12.1. The summed E-state index contributed by atoms with van der Waals surface area (Å²) in [7, 11) is 2.74. The number of hydrogen-bond donors (Lipinski definition) is 0. The van der Waals surface area contributed by atoms with Gasteiger partial charge < -0.3 is 9.47 Å². The van der Waals surface area contributed by atoms with Gasteiger partial charge >= 0.3 is 0 Å². The molecule has 44 heavy (non-hydrogen) atoms. The number of aryl methyl sites for hydroxylation is 2. The summed E-state index contributed by atoms with van der Waals surface area (Å²) in [5.74, 6) is -0.600. The monoisotopic (exact) mass is 640 g/mol. The average molecular weight is 641 g/mol. The highest BCUT2D eigenvalue weighted by atomic mass is 32.2. The van der Waals surface area contributed by atoms with Gasteiger partial charge in [-0.25, -0.2) is 41.5 Å². The van der Waals surface area contributed by atoms with E-state index in [1.165, 1.54) is 55.1 Å². The smallest absolute Gasteiger partial charge is 0.248 e. The van der Waals surface area contributed by atoms with Crippen molar-refractivity contribution in [1.29, 1.82) is 0 Å².